The van der Waals surface area contributed by atoms with Gasteiger partial charge in [0.25, 0.3) is 11.8 Å². The number of nitrogens with one attached hydrogen (secondary N) is 2. The fourth-order valence-corrected chi connectivity index (χ4v) is 3.57. The zero-order valence-electron chi connectivity index (χ0n) is 16.8. The van der Waals surface area contributed by atoms with Gasteiger partial charge in [0.15, 0.2) is 5.82 Å². The average molecular weight is 380 g/mol. The summed E-state index contributed by atoms with van der Waals surface area (Å²) in [6, 6.07) is 7.79. The molecule has 0 unspecified atom stereocenters. The van der Waals surface area contributed by atoms with Gasteiger partial charge in [-0.1, -0.05) is 45.0 Å². The van der Waals surface area contributed by atoms with Gasteiger partial charge >= 0.3 is 0 Å². The van der Waals surface area contributed by atoms with Crippen LogP contribution in [0.3, 0.4) is 0 Å². The van der Waals surface area contributed by atoms with Gasteiger partial charge in [-0.25, -0.2) is 4.98 Å². The van der Waals surface area contributed by atoms with Crippen LogP contribution in [0.25, 0.3) is 0 Å². The maximum Gasteiger partial charge on any atom is 0.291 e. The molecule has 0 saturated heterocycles. The summed E-state index contributed by atoms with van der Waals surface area (Å²) in [7, 11) is 0. The lowest BCUT2D eigenvalue weighted by Crippen LogP contribution is -2.25. The maximum absolute atomic E-state index is 13.1. The van der Waals surface area contributed by atoms with Crippen molar-refractivity contribution in [3.05, 3.63) is 59.7 Å². The first kappa shape index (κ1) is 19.9. The molecule has 148 valence electrons. The molecule has 28 heavy (non-hydrogen) atoms. The van der Waals surface area contributed by atoms with E-state index in [9.17, 15) is 9.59 Å². The molecule has 0 bridgehead atoms. The molecule has 0 atom stereocenters. The molecule has 0 radical (unpaired) electrons. The number of hydrogen-bond acceptors (Lipinski definition) is 3. The lowest BCUT2D eigenvalue weighted by Gasteiger charge is -2.23. The van der Waals surface area contributed by atoms with E-state index in [0.717, 1.165) is 36.2 Å². The van der Waals surface area contributed by atoms with E-state index in [2.05, 4.69) is 43.0 Å². The first-order chi connectivity index (χ1) is 13.3. The summed E-state index contributed by atoms with van der Waals surface area (Å²) in [5.41, 5.74) is 2.90. The summed E-state index contributed by atoms with van der Waals surface area (Å²) in [6.45, 7) is 11.0. The minimum absolute atomic E-state index is 0.106. The van der Waals surface area contributed by atoms with Gasteiger partial charge in [-0.05, 0) is 36.3 Å². The van der Waals surface area contributed by atoms with Crippen molar-refractivity contribution in [2.45, 2.75) is 52.0 Å². The number of benzene rings is 1. The highest BCUT2D eigenvalue weighted by Gasteiger charge is 2.28. The fourth-order valence-electron chi connectivity index (χ4n) is 3.57. The van der Waals surface area contributed by atoms with Gasteiger partial charge in [0, 0.05) is 18.8 Å². The minimum atomic E-state index is -0.289. The molecule has 1 aliphatic heterocycles. The number of anilines is 1. The number of hydrogen-bond donors (Lipinski definition) is 2. The summed E-state index contributed by atoms with van der Waals surface area (Å²) in [5.74, 6) is -0.260. The van der Waals surface area contributed by atoms with E-state index in [-0.39, 0.29) is 17.2 Å². The summed E-state index contributed by atoms with van der Waals surface area (Å²) >= 11 is 0. The predicted octanol–water partition coefficient (Wildman–Crippen LogP) is 3.69. The Morgan fingerprint density at radius 3 is 2.68 bits per heavy atom. The van der Waals surface area contributed by atoms with Crippen LogP contribution in [0.4, 0.5) is 5.69 Å². The van der Waals surface area contributed by atoms with Crippen molar-refractivity contribution < 1.29 is 9.59 Å². The Balaban J connectivity index is 1.94. The van der Waals surface area contributed by atoms with Gasteiger partial charge in [-0.2, -0.15) is 0 Å². The summed E-state index contributed by atoms with van der Waals surface area (Å²) in [5, 5.41) is 5.77. The standard InChI is InChI=1S/C22H28N4O2/c1-5-13-23-20(27)18-17-12-8-9-14-26(17)19(25-18)21(28)24-16-11-7-6-10-15(16)22(2,3)4/h5-7,10-11H,1,8-9,12-14H2,2-4H3,(H,23,27)(H,24,28). The molecule has 6 heteroatoms. The monoisotopic (exact) mass is 380 g/mol. The summed E-state index contributed by atoms with van der Waals surface area (Å²) in [6.07, 6.45) is 4.32. The van der Waals surface area contributed by atoms with Crippen molar-refractivity contribution in [3.63, 3.8) is 0 Å². The first-order valence-corrected chi connectivity index (χ1v) is 9.72. The molecule has 0 aliphatic carbocycles. The van der Waals surface area contributed by atoms with Crippen LogP contribution in [0.2, 0.25) is 0 Å². The van der Waals surface area contributed by atoms with Gasteiger partial charge in [-0.3, -0.25) is 9.59 Å². The lowest BCUT2D eigenvalue weighted by molar-refractivity contribution is 0.0952. The second kappa shape index (κ2) is 8.00. The molecule has 0 spiro atoms. The molecule has 0 fully saturated rings. The van der Waals surface area contributed by atoms with Gasteiger partial charge in [0.1, 0.15) is 5.69 Å². The number of nitrogens with zero attached hydrogens (tertiary/aromatic N) is 2. The molecule has 0 saturated carbocycles. The highest BCUT2D eigenvalue weighted by atomic mass is 16.2. The van der Waals surface area contributed by atoms with Crippen LogP contribution in [0.15, 0.2) is 36.9 Å². The third kappa shape index (κ3) is 4.01. The highest BCUT2D eigenvalue weighted by Crippen LogP contribution is 2.30. The van der Waals surface area contributed by atoms with Crippen molar-refractivity contribution in [3.8, 4) is 0 Å². The van der Waals surface area contributed by atoms with Gasteiger partial charge in [-0.15, -0.1) is 6.58 Å². The number of aromatic nitrogens is 2. The third-order valence-corrected chi connectivity index (χ3v) is 4.93. The van der Waals surface area contributed by atoms with Crippen molar-refractivity contribution in [1.82, 2.24) is 14.9 Å². The van der Waals surface area contributed by atoms with Crippen LogP contribution in [0, 0.1) is 0 Å². The van der Waals surface area contributed by atoms with Crippen molar-refractivity contribution in [2.24, 2.45) is 0 Å². The molecule has 1 aromatic carbocycles. The van der Waals surface area contributed by atoms with Crippen LogP contribution >= 0.6 is 0 Å². The van der Waals surface area contributed by atoms with Gasteiger partial charge in [0.2, 0.25) is 0 Å². The average Bonchev–Trinajstić information content (AvgIpc) is 3.05. The Morgan fingerprint density at radius 2 is 1.96 bits per heavy atom. The molecule has 1 aromatic heterocycles. The molecule has 2 aromatic rings. The van der Waals surface area contributed by atoms with Gasteiger partial charge < -0.3 is 15.2 Å². The fraction of sp³-hybridized carbons (Fsp3) is 0.409. The van der Waals surface area contributed by atoms with Crippen LogP contribution in [0.5, 0.6) is 0 Å². The maximum atomic E-state index is 13.1. The zero-order valence-corrected chi connectivity index (χ0v) is 16.8. The van der Waals surface area contributed by atoms with Gasteiger partial charge in [0.05, 0.1) is 5.69 Å². The van der Waals surface area contributed by atoms with Crippen LogP contribution < -0.4 is 10.6 Å². The molecule has 2 amide bonds. The van der Waals surface area contributed by atoms with Crippen molar-refractivity contribution in [2.75, 3.05) is 11.9 Å². The topological polar surface area (TPSA) is 76.0 Å². The van der Waals surface area contributed by atoms with E-state index >= 15 is 0 Å². The van der Waals surface area contributed by atoms with E-state index in [1.54, 1.807) is 6.08 Å². The van der Waals surface area contributed by atoms with Crippen LogP contribution in [-0.4, -0.2) is 27.9 Å². The molecule has 2 heterocycles. The first-order valence-electron chi connectivity index (χ1n) is 9.72. The molecule has 6 nitrogen and oxygen atoms in total. The SMILES string of the molecule is C=CCNC(=O)c1nc(C(=O)Nc2ccccc2C(C)(C)C)n2c1CCCC2. The summed E-state index contributed by atoms with van der Waals surface area (Å²) < 4.78 is 1.89. The number of rotatable bonds is 5. The Hall–Kier alpha value is -2.89. The van der Waals surface area contributed by atoms with Crippen molar-refractivity contribution >= 4 is 17.5 Å². The Labute approximate surface area is 166 Å². The van der Waals surface area contributed by atoms with Crippen LogP contribution in [0.1, 0.15) is 66.0 Å². The molecule has 1 aliphatic rings. The quantitative estimate of drug-likeness (QED) is 0.777. The highest BCUT2D eigenvalue weighted by molar-refractivity contribution is 6.04. The van der Waals surface area contributed by atoms with E-state index in [0.29, 0.717) is 24.6 Å². The number of fused-ring (bicyclic) bond motifs is 1. The number of imidazole rings is 1. The zero-order chi connectivity index (χ0) is 20.3. The second-order valence-electron chi connectivity index (χ2n) is 8.09. The third-order valence-electron chi connectivity index (χ3n) is 4.93. The largest absolute Gasteiger partial charge is 0.347 e. The number of amides is 2. The molecule has 3 rings (SSSR count). The Bertz CT molecular complexity index is 906. The van der Waals surface area contributed by atoms with E-state index < -0.39 is 0 Å². The molecule has 2 N–H and O–H groups in total. The Morgan fingerprint density at radius 1 is 1.21 bits per heavy atom. The number of carbonyl (C=O) groups is 2. The number of para-hydroxylation sites is 1. The van der Waals surface area contributed by atoms with E-state index in [1.807, 2.05) is 28.8 Å². The number of carbonyl (C=O) groups excluding carboxylic acids is 2. The van der Waals surface area contributed by atoms with Crippen LogP contribution in [-0.2, 0) is 18.4 Å². The lowest BCUT2D eigenvalue weighted by atomic mass is 9.86. The smallest absolute Gasteiger partial charge is 0.291 e. The second-order valence-corrected chi connectivity index (χ2v) is 8.09. The van der Waals surface area contributed by atoms with E-state index in [1.165, 1.54) is 0 Å². The normalized spacial score (nSPS) is 13.5. The predicted molar refractivity (Wildman–Crippen MR) is 111 cm³/mol. The minimum Gasteiger partial charge on any atom is -0.347 e. The van der Waals surface area contributed by atoms with E-state index in [4.69, 9.17) is 0 Å². The van der Waals surface area contributed by atoms with Crippen molar-refractivity contribution in [1.29, 1.82) is 0 Å². The Kier molecular flexibility index (Phi) is 5.68. The molecular weight excluding hydrogens is 352 g/mol. The molecular formula is C22H28N4O2. The summed E-state index contributed by atoms with van der Waals surface area (Å²) in [4.78, 5) is 30.0.